The van der Waals surface area contributed by atoms with Crippen LogP contribution in [0, 0.1) is 0 Å². The molecule has 3 heteroatoms. The van der Waals surface area contributed by atoms with E-state index in [1.165, 1.54) is 0 Å². The average molecular weight is 270 g/mol. The molecule has 0 aliphatic carbocycles. The number of rotatable bonds is 4. The molecule has 1 rings (SSSR count). The highest BCUT2D eigenvalue weighted by Gasteiger charge is 2.30. The first-order valence-corrected chi connectivity index (χ1v) is 5.77. The predicted molar refractivity (Wildman–Crippen MR) is 65.8 cm³/mol. The van der Waals surface area contributed by atoms with Gasteiger partial charge in [-0.15, -0.1) is 0 Å². The zero-order valence-electron chi connectivity index (χ0n) is 9.09. The second-order valence-electron chi connectivity index (χ2n) is 3.93. The SMILES string of the molecule is CC(=O)C(C)(CCN)c1ccc(Br)cc1. The molecule has 0 saturated heterocycles. The molecule has 0 amide bonds. The Kier molecular flexibility index (Phi) is 4.05. The van der Waals surface area contributed by atoms with Crippen LogP contribution < -0.4 is 5.73 Å². The molecule has 15 heavy (non-hydrogen) atoms. The van der Waals surface area contributed by atoms with Crippen molar-refractivity contribution in [2.45, 2.75) is 25.7 Å². The van der Waals surface area contributed by atoms with Gasteiger partial charge < -0.3 is 5.73 Å². The molecule has 2 N–H and O–H groups in total. The fourth-order valence-corrected chi connectivity index (χ4v) is 1.89. The van der Waals surface area contributed by atoms with Crippen molar-refractivity contribution in [2.24, 2.45) is 5.73 Å². The molecule has 1 unspecified atom stereocenters. The fraction of sp³-hybridized carbons (Fsp3) is 0.417. The van der Waals surface area contributed by atoms with Crippen molar-refractivity contribution in [2.75, 3.05) is 6.54 Å². The van der Waals surface area contributed by atoms with Crippen LogP contribution in [-0.4, -0.2) is 12.3 Å². The zero-order valence-corrected chi connectivity index (χ0v) is 10.7. The van der Waals surface area contributed by atoms with E-state index >= 15 is 0 Å². The van der Waals surface area contributed by atoms with Gasteiger partial charge in [-0.05, 0) is 44.5 Å². The van der Waals surface area contributed by atoms with Crippen LogP contribution in [0.3, 0.4) is 0 Å². The highest BCUT2D eigenvalue weighted by molar-refractivity contribution is 9.10. The van der Waals surface area contributed by atoms with Gasteiger partial charge in [-0.3, -0.25) is 4.79 Å². The largest absolute Gasteiger partial charge is 0.330 e. The second kappa shape index (κ2) is 4.90. The Morgan fingerprint density at radius 3 is 2.33 bits per heavy atom. The van der Waals surface area contributed by atoms with Gasteiger partial charge in [0, 0.05) is 4.47 Å². The summed E-state index contributed by atoms with van der Waals surface area (Å²) in [5.41, 5.74) is 6.14. The summed E-state index contributed by atoms with van der Waals surface area (Å²) >= 11 is 3.38. The molecule has 1 aromatic rings. The summed E-state index contributed by atoms with van der Waals surface area (Å²) in [6.45, 7) is 4.09. The normalized spacial score (nSPS) is 14.7. The summed E-state index contributed by atoms with van der Waals surface area (Å²) in [7, 11) is 0. The number of carbonyl (C=O) groups is 1. The van der Waals surface area contributed by atoms with Gasteiger partial charge in [0.05, 0.1) is 5.41 Å². The van der Waals surface area contributed by atoms with Crippen LogP contribution in [0.1, 0.15) is 25.8 Å². The highest BCUT2D eigenvalue weighted by atomic mass is 79.9. The van der Waals surface area contributed by atoms with E-state index in [2.05, 4.69) is 15.9 Å². The molecule has 0 spiro atoms. The number of Topliss-reactive ketones (excluding diaryl/α,β-unsaturated/α-hetero) is 1. The van der Waals surface area contributed by atoms with Crippen LogP contribution >= 0.6 is 15.9 Å². The van der Waals surface area contributed by atoms with Crippen molar-refractivity contribution in [3.8, 4) is 0 Å². The van der Waals surface area contributed by atoms with Crippen molar-refractivity contribution in [3.05, 3.63) is 34.3 Å². The van der Waals surface area contributed by atoms with Crippen LogP contribution in [0.4, 0.5) is 0 Å². The van der Waals surface area contributed by atoms with E-state index in [9.17, 15) is 4.79 Å². The van der Waals surface area contributed by atoms with Crippen LogP contribution in [0.25, 0.3) is 0 Å². The third kappa shape index (κ3) is 2.67. The number of hydrogen-bond acceptors (Lipinski definition) is 2. The van der Waals surface area contributed by atoms with Crippen LogP contribution in [0.2, 0.25) is 0 Å². The van der Waals surface area contributed by atoms with E-state index in [-0.39, 0.29) is 5.78 Å². The van der Waals surface area contributed by atoms with Gasteiger partial charge in [0.25, 0.3) is 0 Å². The lowest BCUT2D eigenvalue weighted by atomic mass is 9.76. The number of hydrogen-bond donors (Lipinski definition) is 1. The molecule has 0 fully saturated rings. The third-order valence-corrected chi connectivity index (χ3v) is 3.43. The number of carbonyl (C=O) groups excluding carboxylic acids is 1. The van der Waals surface area contributed by atoms with Crippen molar-refractivity contribution in [1.82, 2.24) is 0 Å². The fourth-order valence-electron chi connectivity index (χ4n) is 1.63. The summed E-state index contributed by atoms with van der Waals surface area (Å²) in [5, 5.41) is 0. The van der Waals surface area contributed by atoms with E-state index in [0.717, 1.165) is 10.0 Å². The van der Waals surface area contributed by atoms with E-state index in [1.807, 2.05) is 31.2 Å². The first-order valence-electron chi connectivity index (χ1n) is 4.98. The molecule has 1 atom stereocenters. The van der Waals surface area contributed by atoms with Crippen LogP contribution in [-0.2, 0) is 10.2 Å². The smallest absolute Gasteiger partial charge is 0.140 e. The Balaban J connectivity index is 3.09. The molecule has 0 bridgehead atoms. The van der Waals surface area contributed by atoms with Gasteiger partial charge in [-0.25, -0.2) is 0 Å². The molecule has 82 valence electrons. The lowest BCUT2D eigenvalue weighted by Gasteiger charge is -2.26. The highest BCUT2D eigenvalue weighted by Crippen LogP contribution is 2.29. The Morgan fingerprint density at radius 1 is 1.40 bits per heavy atom. The number of nitrogens with two attached hydrogens (primary N) is 1. The van der Waals surface area contributed by atoms with Gasteiger partial charge in [-0.2, -0.15) is 0 Å². The average Bonchev–Trinajstić information content (AvgIpc) is 2.18. The van der Waals surface area contributed by atoms with E-state index < -0.39 is 5.41 Å². The molecule has 2 nitrogen and oxygen atoms in total. The Labute approximate surface area is 99.0 Å². The van der Waals surface area contributed by atoms with Crippen molar-refractivity contribution < 1.29 is 4.79 Å². The molecular weight excluding hydrogens is 254 g/mol. The lowest BCUT2D eigenvalue weighted by molar-refractivity contribution is -0.122. The molecule has 0 heterocycles. The van der Waals surface area contributed by atoms with E-state index in [0.29, 0.717) is 13.0 Å². The minimum absolute atomic E-state index is 0.162. The molecule has 0 aromatic heterocycles. The minimum atomic E-state index is -0.449. The molecule has 1 aromatic carbocycles. The van der Waals surface area contributed by atoms with Gasteiger partial charge in [0.1, 0.15) is 5.78 Å². The molecular formula is C12H16BrNO. The molecule has 0 saturated carbocycles. The van der Waals surface area contributed by atoms with Gasteiger partial charge >= 0.3 is 0 Å². The quantitative estimate of drug-likeness (QED) is 0.914. The standard InChI is InChI=1S/C12H16BrNO/c1-9(15)12(2,7-8-14)10-3-5-11(13)6-4-10/h3-6H,7-8,14H2,1-2H3. The molecule has 0 aliphatic rings. The number of halogens is 1. The first-order chi connectivity index (χ1) is 7.00. The van der Waals surface area contributed by atoms with Crippen molar-refractivity contribution in [3.63, 3.8) is 0 Å². The Hall–Kier alpha value is -0.670. The maximum Gasteiger partial charge on any atom is 0.140 e. The van der Waals surface area contributed by atoms with Crippen LogP contribution in [0.15, 0.2) is 28.7 Å². The maximum atomic E-state index is 11.7. The molecule has 0 aliphatic heterocycles. The Morgan fingerprint density at radius 2 is 1.93 bits per heavy atom. The summed E-state index contributed by atoms with van der Waals surface area (Å²) in [5.74, 6) is 0.162. The second-order valence-corrected chi connectivity index (χ2v) is 4.85. The topological polar surface area (TPSA) is 43.1 Å². The summed E-state index contributed by atoms with van der Waals surface area (Å²) in [4.78, 5) is 11.7. The maximum absolute atomic E-state index is 11.7. The molecule has 0 radical (unpaired) electrons. The first kappa shape index (κ1) is 12.4. The van der Waals surface area contributed by atoms with Gasteiger partial charge in [0.2, 0.25) is 0 Å². The zero-order chi connectivity index (χ0) is 11.5. The number of ketones is 1. The van der Waals surface area contributed by atoms with Crippen molar-refractivity contribution in [1.29, 1.82) is 0 Å². The summed E-state index contributed by atoms with van der Waals surface area (Å²) in [6, 6.07) is 7.85. The Bertz CT molecular complexity index is 347. The summed E-state index contributed by atoms with van der Waals surface area (Å²) < 4.78 is 1.02. The number of benzene rings is 1. The van der Waals surface area contributed by atoms with Crippen LogP contribution in [0.5, 0.6) is 0 Å². The van der Waals surface area contributed by atoms with Gasteiger partial charge in [-0.1, -0.05) is 28.1 Å². The lowest BCUT2D eigenvalue weighted by Crippen LogP contribution is -2.33. The summed E-state index contributed by atoms with van der Waals surface area (Å²) in [6.07, 6.45) is 0.684. The third-order valence-electron chi connectivity index (χ3n) is 2.90. The van der Waals surface area contributed by atoms with E-state index in [4.69, 9.17) is 5.73 Å². The van der Waals surface area contributed by atoms with Crippen molar-refractivity contribution >= 4 is 21.7 Å². The van der Waals surface area contributed by atoms with E-state index in [1.54, 1.807) is 6.92 Å². The van der Waals surface area contributed by atoms with Gasteiger partial charge in [0.15, 0.2) is 0 Å². The predicted octanol–water partition coefficient (Wildman–Crippen LogP) is 2.64. The monoisotopic (exact) mass is 269 g/mol. The minimum Gasteiger partial charge on any atom is -0.330 e.